The number of halogens is 3. The van der Waals surface area contributed by atoms with E-state index in [4.69, 9.17) is 39.2 Å². The summed E-state index contributed by atoms with van der Waals surface area (Å²) in [5, 5.41) is 12.7. The molecule has 3 rings (SSSR count). The highest BCUT2D eigenvalue weighted by atomic mass is 35.5. The van der Waals surface area contributed by atoms with Crippen molar-refractivity contribution in [1.82, 2.24) is 10.2 Å². The predicted octanol–water partition coefficient (Wildman–Crippen LogP) is 5.31. The SMILES string of the molecule is Clc1cccc(-c2nnc(CNc3c(Cl)cccc3Cl)o2)c1. The first-order valence-corrected chi connectivity index (χ1v) is 7.53. The monoisotopic (exact) mass is 353 g/mol. The van der Waals surface area contributed by atoms with Crippen molar-refractivity contribution >= 4 is 40.5 Å². The molecule has 22 heavy (non-hydrogen) atoms. The smallest absolute Gasteiger partial charge is 0.247 e. The lowest BCUT2D eigenvalue weighted by Crippen LogP contribution is -2.00. The average Bonchev–Trinajstić information content (AvgIpc) is 2.96. The number of nitrogens with zero attached hydrogens (tertiary/aromatic N) is 2. The molecule has 2 aromatic carbocycles. The van der Waals surface area contributed by atoms with Crippen molar-refractivity contribution in [3.05, 3.63) is 63.4 Å². The van der Waals surface area contributed by atoms with Crippen LogP contribution in [0.1, 0.15) is 5.89 Å². The fourth-order valence-electron chi connectivity index (χ4n) is 1.89. The number of hydrogen-bond donors (Lipinski definition) is 1. The fraction of sp³-hybridized carbons (Fsp3) is 0.0667. The van der Waals surface area contributed by atoms with Crippen LogP contribution in [0.25, 0.3) is 11.5 Å². The molecular weight excluding hydrogens is 345 g/mol. The second kappa shape index (κ2) is 6.57. The second-order valence-electron chi connectivity index (χ2n) is 4.46. The Morgan fingerprint density at radius 2 is 1.68 bits per heavy atom. The van der Waals surface area contributed by atoms with Crippen LogP contribution in [0, 0.1) is 0 Å². The molecule has 0 radical (unpaired) electrons. The van der Waals surface area contributed by atoms with Crippen molar-refractivity contribution in [2.45, 2.75) is 6.54 Å². The van der Waals surface area contributed by atoms with Gasteiger partial charge in [-0.25, -0.2) is 0 Å². The molecule has 1 heterocycles. The molecule has 0 unspecified atom stereocenters. The van der Waals surface area contributed by atoms with Gasteiger partial charge in [-0.3, -0.25) is 0 Å². The number of hydrogen-bond acceptors (Lipinski definition) is 4. The molecule has 0 saturated carbocycles. The topological polar surface area (TPSA) is 51.0 Å². The van der Waals surface area contributed by atoms with Crippen molar-refractivity contribution in [3.63, 3.8) is 0 Å². The molecule has 0 aliphatic carbocycles. The van der Waals surface area contributed by atoms with E-state index in [1.807, 2.05) is 12.1 Å². The lowest BCUT2D eigenvalue weighted by molar-refractivity contribution is 0.515. The highest BCUT2D eigenvalue weighted by Gasteiger charge is 2.10. The summed E-state index contributed by atoms with van der Waals surface area (Å²) in [6.07, 6.45) is 0. The standard InChI is InChI=1S/C15H10Cl3N3O/c16-10-4-1-3-9(7-10)15-21-20-13(22-15)8-19-14-11(17)5-2-6-12(14)18/h1-7,19H,8H2. The van der Waals surface area contributed by atoms with E-state index in [-0.39, 0.29) is 0 Å². The van der Waals surface area contributed by atoms with Gasteiger partial charge in [0.2, 0.25) is 11.8 Å². The minimum Gasteiger partial charge on any atom is -0.419 e. The number of nitrogens with one attached hydrogen (secondary N) is 1. The molecule has 0 atom stereocenters. The van der Waals surface area contributed by atoms with Gasteiger partial charge < -0.3 is 9.73 Å². The van der Waals surface area contributed by atoms with E-state index in [0.29, 0.717) is 39.1 Å². The van der Waals surface area contributed by atoms with E-state index in [1.165, 1.54) is 0 Å². The second-order valence-corrected chi connectivity index (χ2v) is 5.71. The highest BCUT2D eigenvalue weighted by molar-refractivity contribution is 6.39. The van der Waals surface area contributed by atoms with E-state index in [0.717, 1.165) is 5.56 Å². The lowest BCUT2D eigenvalue weighted by Gasteiger charge is -2.07. The average molecular weight is 355 g/mol. The summed E-state index contributed by atoms with van der Waals surface area (Å²) in [5.74, 6) is 0.829. The first-order chi connectivity index (χ1) is 10.6. The Balaban J connectivity index is 1.75. The van der Waals surface area contributed by atoms with Crippen LogP contribution in [0.3, 0.4) is 0 Å². The van der Waals surface area contributed by atoms with Crippen LogP contribution in [-0.2, 0) is 6.54 Å². The van der Waals surface area contributed by atoms with Crippen LogP contribution in [0.5, 0.6) is 0 Å². The summed E-state index contributed by atoms with van der Waals surface area (Å²) in [7, 11) is 0. The van der Waals surface area contributed by atoms with Gasteiger partial charge in [-0.05, 0) is 30.3 Å². The number of aromatic nitrogens is 2. The minimum absolute atomic E-state index is 0.316. The maximum Gasteiger partial charge on any atom is 0.247 e. The zero-order chi connectivity index (χ0) is 15.5. The van der Waals surface area contributed by atoms with Crippen LogP contribution >= 0.6 is 34.8 Å². The Kier molecular flexibility index (Phi) is 4.52. The van der Waals surface area contributed by atoms with Crippen molar-refractivity contribution in [2.75, 3.05) is 5.32 Å². The van der Waals surface area contributed by atoms with Gasteiger partial charge in [-0.1, -0.05) is 46.9 Å². The van der Waals surface area contributed by atoms with Gasteiger partial charge in [0.05, 0.1) is 22.3 Å². The van der Waals surface area contributed by atoms with Gasteiger partial charge in [0.25, 0.3) is 0 Å². The molecule has 0 bridgehead atoms. The van der Waals surface area contributed by atoms with Gasteiger partial charge in [0.15, 0.2) is 0 Å². The van der Waals surface area contributed by atoms with Crippen LogP contribution in [0.15, 0.2) is 46.9 Å². The Morgan fingerprint density at radius 1 is 0.955 bits per heavy atom. The Morgan fingerprint density at radius 3 is 2.41 bits per heavy atom. The molecule has 0 aliphatic heterocycles. The third-order valence-corrected chi connectivity index (χ3v) is 3.78. The van der Waals surface area contributed by atoms with E-state index >= 15 is 0 Å². The zero-order valence-corrected chi connectivity index (χ0v) is 13.5. The number of anilines is 1. The number of para-hydroxylation sites is 1. The zero-order valence-electron chi connectivity index (χ0n) is 11.2. The summed E-state index contributed by atoms with van der Waals surface area (Å²) in [6, 6.07) is 12.5. The van der Waals surface area contributed by atoms with Gasteiger partial charge in [-0.15, -0.1) is 10.2 Å². The quantitative estimate of drug-likeness (QED) is 0.690. The maximum atomic E-state index is 6.09. The lowest BCUT2D eigenvalue weighted by atomic mass is 10.2. The molecule has 112 valence electrons. The fourth-order valence-corrected chi connectivity index (χ4v) is 2.62. The van der Waals surface area contributed by atoms with Gasteiger partial charge in [-0.2, -0.15) is 0 Å². The first kappa shape index (κ1) is 15.2. The largest absolute Gasteiger partial charge is 0.419 e. The van der Waals surface area contributed by atoms with Gasteiger partial charge >= 0.3 is 0 Å². The summed E-state index contributed by atoms with van der Waals surface area (Å²) in [4.78, 5) is 0. The van der Waals surface area contributed by atoms with Gasteiger partial charge in [0, 0.05) is 10.6 Å². The predicted molar refractivity (Wildman–Crippen MR) is 88.5 cm³/mol. The summed E-state index contributed by atoms with van der Waals surface area (Å²) in [6.45, 7) is 0.316. The van der Waals surface area contributed by atoms with Crippen molar-refractivity contribution in [3.8, 4) is 11.5 Å². The molecule has 3 aromatic rings. The Labute approximate surface area is 142 Å². The number of rotatable bonds is 4. The molecular formula is C15H10Cl3N3O. The van der Waals surface area contributed by atoms with E-state index in [9.17, 15) is 0 Å². The Bertz CT molecular complexity index is 784. The number of benzene rings is 2. The third-order valence-electron chi connectivity index (χ3n) is 2.92. The molecule has 0 fully saturated rings. The van der Waals surface area contributed by atoms with Crippen LogP contribution in [0.2, 0.25) is 15.1 Å². The highest BCUT2D eigenvalue weighted by Crippen LogP contribution is 2.30. The van der Waals surface area contributed by atoms with Crippen molar-refractivity contribution in [1.29, 1.82) is 0 Å². The molecule has 4 nitrogen and oxygen atoms in total. The van der Waals surface area contributed by atoms with Crippen LogP contribution in [-0.4, -0.2) is 10.2 Å². The summed E-state index contributed by atoms with van der Waals surface area (Å²) < 4.78 is 5.60. The normalized spacial score (nSPS) is 10.7. The molecule has 1 N–H and O–H groups in total. The van der Waals surface area contributed by atoms with Gasteiger partial charge in [0.1, 0.15) is 0 Å². The van der Waals surface area contributed by atoms with E-state index < -0.39 is 0 Å². The van der Waals surface area contributed by atoms with Crippen LogP contribution in [0.4, 0.5) is 5.69 Å². The van der Waals surface area contributed by atoms with Crippen LogP contribution < -0.4 is 5.32 Å². The van der Waals surface area contributed by atoms with E-state index in [2.05, 4.69) is 15.5 Å². The summed E-state index contributed by atoms with van der Waals surface area (Å²) >= 11 is 18.1. The summed E-state index contributed by atoms with van der Waals surface area (Å²) in [5.41, 5.74) is 1.40. The minimum atomic E-state index is 0.316. The molecule has 1 aromatic heterocycles. The molecule has 7 heteroatoms. The molecule has 0 saturated heterocycles. The molecule has 0 amide bonds. The van der Waals surface area contributed by atoms with E-state index in [1.54, 1.807) is 30.3 Å². The molecule has 0 aliphatic rings. The third kappa shape index (κ3) is 3.35. The van der Waals surface area contributed by atoms with Crippen molar-refractivity contribution < 1.29 is 4.42 Å². The maximum absolute atomic E-state index is 6.09. The van der Waals surface area contributed by atoms with Crippen molar-refractivity contribution in [2.24, 2.45) is 0 Å². The Hall–Kier alpha value is -1.75. The first-order valence-electron chi connectivity index (χ1n) is 6.39. The molecule has 0 spiro atoms.